The number of piperidine rings is 1. The Morgan fingerprint density at radius 2 is 1.68 bits per heavy atom. The minimum Gasteiger partial charge on any atom is -0.324 e. The molecule has 1 fully saturated rings. The van der Waals surface area contributed by atoms with Gasteiger partial charge in [0.15, 0.2) is 5.78 Å². The van der Waals surface area contributed by atoms with Crippen molar-refractivity contribution in [3.63, 3.8) is 0 Å². The molecule has 0 bridgehead atoms. The van der Waals surface area contributed by atoms with Crippen molar-refractivity contribution >= 4 is 17.5 Å². The van der Waals surface area contributed by atoms with Crippen LogP contribution >= 0.6 is 0 Å². The van der Waals surface area contributed by atoms with Crippen LogP contribution in [0.25, 0.3) is 0 Å². The zero-order valence-corrected chi connectivity index (χ0v) is 14.8. The van der Waals surface area contributed by atoms with Gasteiger partial charge in [-0.1, -0.05) is 42.5 Å². The Morgan fingerprint density at radius 3 is 2.32 bits per heavy atom. The second-order valence-electron chi connectivity index (χ2n) is 6.67. The van der Waals surface area contributed by atoms with Gasteiger partial charge in [-0.2, -0.15) is 0 Å². The Kier molecular flexibility index (Phi) is 5.17. The molecule has 0 unspecified atom stereocenters. The van der Waals surface area contributed by atoms with Crippen LogP contribution in [0.15, 0.2) is 54.6 Å². The molecule has 25 heavy (non-hydrogen) atoms. The van der Waals surface area contributed by atoms with E-state index in [2.05, 4.69) is 0 Å². The highest BCUT2D eigenvalue weighted by molar-refractivity contribution is 5.98. The van der Waals surface area contributed by atoms with Gasteiger partial charge in [-0.15, -0.1) is 0 Å². The van der Waals surface area contributed by atoms with E-state index >= 15 is 0 Å². The number of anilines is 1. The minimum atomic E-state index is -0.00351. The summed E-state index contributed by atoms with van der Waals surface area (Å²) < 4.78 is 0. The summed E-state index contributed by atoms with van der Waals surface area (Å²) >= 11 is 0. The van der Waals surface area contributed by atoms with E-state index in [4.69, 9.17) is 0 Å². The third kappa shape index (κ3) is 3.90. The number of likely N-dealkylation sites (tertiary alicyclic amines) is 1. The maximum absolute atomic E-state index is 12.7. The number of carbonyl (C=O) groups excluding carboxylic acids is 2. The SMILES string of the molecule is Cc1cccc(N(C)C(=O)N2CCC(C(=O)c3ccccc3)CC2)c1. The van der Waals surface area contributed by atoms with Gasteiger partial charge < -0.3 is 4.90 Å². The molecule has 4 heteroatoms. The Balaban J connectivity index is 1.60. The van der Waals surface area contributed by atoms with E-state index in [0.717, 1.165) is 29.7 Å². The van der Waals surface area contributed by atoms with Crippen molar-refractivity contribution < 1.29 is 9.59 Å². The molecule has 2 amide bonds. The van der Waals surface area contributed by atoms with Crippen LogP contribution in [0, 0.1) is 12.8 Å². The van der Waals surface area contributed by atoms with Gasteiger partial charge >= 0.3 is 6.03 Å². The van der Waals surface area contributed by atoms with Gasteiger partial charge in [0, 0.05) is 37.3 Å². The third-order valence-electron chi connectivity index (χ3n) is 4.87. The van der Waals surface area contributed by atoms with Crippen molar-refractivity contribution in [1.29, 1.82) is 0 Å². The van der Waals surface area contributed by atoms with Gasteiger partial charge in [-0.3, -0.25) is 9.69 Å². The minimum absolute atomic E-state index is 0.00351. The largest absolute Gasteiger partial charge is 0.324 e. The molecule has 0 spiro atoms. The van der Waals surface area contributed by atoms with E-state index in [0.29, 0.717) is 13.1 Å². The normalized spacial score (nSPS) is 15.0. The fourth-order valence-corrected chi connectivity index (χ4v) is 3.33. The van der Waals surface area contributed by atoms with Crippen LogP contribution in [-0.2, 0) is 0 Å². The molecule has 2 aromatic carbocycles. The number of benzene rings is 2. The molecule has 1 aliphatic rings. The van der Waals surface area contributed by atoms with E-state index in [9.17, 15) is 9.59 Å². The molecule has 3 rings (SSSR count). The van der Waals surface area contributed by atoms with Gasteiger partial charge in [-0.05, 0) is 37.5 Å². The molecule has 1 heterocycles. The molecular formula is C21H24N2O2. The molecule has 0 radical (unpaired) electrons. The quantitative estimate of drug-likeness (QED) is 0.790. The molecule has 4 nitrogen and oxygen atoms in total. The summed E-state index contributed by atoms with van der Waals surface area (Å²) in [6.07, 6.45) is 1.45. The zero-order valence-electron chi connectivity index (χ0n) is 14.8. The van der Waals surface area contributed by atoms with Crippen LogP contribution < -0.4 is 4.90 Å². The fraction of sp³-hybridized carbons (Fsp3) is 0.333. The summed E-state index contributed by atoms with van der Waals surface area (Å²) in [6.45, 7) is 3.26. The lowest BCUT2D eigenvalue weighted by molar-refractivity contribution is 0.0857. The first kappa shape index (κ1) is 17.2. The number of hydrogen-bond donors (Lipinski definition) is 0. The predicted molar refractivity (Wildman–Crippen MR) is 100 cm³/mol. The smallest absolute Gasteiger partial charge is 0.324 e. The highest BCUT2D eigenvalue weighted by atomic mass is 16.2. The monoisotopic (exact) mass is 336 g/mol. The van der Waals surface area contributed by atoms with Gasteiger partial charge in [0.1, 0.15) is 0 Å². The first-order chi connectivity index (χ1) is 12.1. The average Bonchev–Trinajstić information content (AvgIpc) is 2.67. The van der Waals surface area contributed by atoms with E-state index < -0.39 is 0 Å². The van der Waals surface area contributed by atoms with E-state index in [1.54, 1.807) is 11.9 Å². The summed E-state index contributed by atoms with van der Waals surface area (Å²) in [5, 5.41) is 0. The van der Waals surface area contributed by atoms with Crippen molar-refractivity contribution in [3.05, 3.63) is 65.7 Å². The first-order valence-corrected chi connectivity index (χ1v) is 8.75. The van der Waals surface area contributed by atoms with Gasteiger partial charge in [-0.25, -0.2) is 4.79 Å². The maximum atomic E-state index is 12.7. The lowest BCUT2D eigenvalue weighted by atomic mass is 9.89. The summed E-state index contributed by atoms with van der Waals surface area (Å²) in [4.78, 5) is 28.8. The Labute approximate surface area is 149 Å². The summed E-state index contributed by atoms with van der Waals surface area (Å²) in [5.41, 5.74) is 2.79. The molecule has 1 aliphatic heterocycles. The molecule has 130 valence electrons. The molecule has 0 aromatic heterocycles. The summed E-state index contributed by atoms with van der Waals surface area (Å²) in [5.74, 6) is 0.204. The number of rotatable bonds is 3. The Bertz CT molecular complexity index is 750. The van der Waals surface area contributed by atoms with E-state index in [1.807, 2.05) is 66.4 Å². The number of hydrogen-bond acceptors (Lipinski definition) is 2. The van der Waals surface area contributed by atoms with Crippen molar-refractivity contribution in [2.24, 2.45) is 5.92 Å². The molecule has 0 aliphatic carbocycles. The van der Waals surface area contributed by atoms with Crippen LogP contribution in [-0.4, -0.2) is 36.9 Å². The molecule has 0 N–H and O–H groups in total. The van der Waals surface area contributed by atoms with Crippen molar-refractivity contribution in [1.82, 2.24) is 4.90 Å². The number of urea groups is 1. The van der Waals surface area contributed by atoms with Crippen LogP contribution in [0.1, 0.15) is 28.8 Å². The maximum Gasteiger partial charge on any atom is 0.324 e. The van der Waals surface area contributed by atoms with Crippen LogP contribution in [0.3, 0.4) is 0 Å². The van der Waals surface area contributed by atoms with Gasteiger partial charge in [0.05, 0.1) is 0 Å². The molecule has 2 aromatic rings. The highest BCUT2D eigenvalue weighted by Gasteiger charge is 2.29. The number of carbonyl (C=O) groups is 2. The number of amides is 2. The molecule has 0 atom stereocenters. The molecule has 1 saturated heterocycles. The molecular weight excluding hydrogens is 312 g/mol. The Morgan fingerprint density at radius 1 is 1.00 bits per heavy atom. The van der Waals surface area contributed by atoms with Gasteiger partial charge in [0.25, 0.3) is 0 Å². The lowest BCUT2D eigenvalue weighted by Crippen LogP contribution is -2.46. The standard InChI is InChI=1S/C21H24N2O2/c1-16-7-6-10-19(15-16)22(2)21(25)23-13-11-18(12-14-23)20(24)17-8-4-3-5-9-17/h3-10,15,18H,11-14H2,1-2H3. The fourth-order valence-electron chi connectivity index (χ4n) is 3.33. The summed E-state index contributed by atoms with van der Waals surface area (Å²) in [7, 11) is 1.80. The van der Waals surface area contributed by atoms with Crippen molar-refractivity contribution in [2.75, 3.05) is 25.0 Å². The molecule has 0 saturated carbocycles. The number of Topliss-reactive ketones (excluding diaryl/α,β-unsaturated/α-hetero) is 1. The lowest BCUT2D eigenvalue weighted by Gasteiger charge is -2.34. The highest BCUT2D eigenvalue weighted by Crippen LogP contribution is 2.24. The van der Waals surface area contributed by atoms with E-state index in [1.165, 1.54) is 0 Å². The topological polar surface area (TPSA) is 40.6 Å². The van der Waals surface area contributed by atoms with Crippen LogP contribution in [0.2, 0.25) is 0 Å². The van der Waals surface area contributed by atoms with Gasteiger partial charge in [0.2, 0.25) is 0 Å². The van der Waals surface area contributed by atoms with Crippen molar-refractivity contribution in [3.8, 4) is 0 Å². The second-order valence-corrected chi connectivity index (χ2v) is 6.67. The van der Waals surface area contributed by atoms with E-state index in [-0.39, 0.29) is 17.7 Å². The van der Waals surface area contributed by atoms with Crippen LogP contribution in [0.5, 0.6) is 0 Å². The first-order valence-electron chi connectivity index (χ1n) is 8.75. The number of ketones is 1. The van der Waals surface area contributed by atoms with Crippen molar-refractivity contribution in [2.45, 2.75) is 19.8 Å². The third-order valence-corrected chi connectivity index (χ3v) is 4.87. The second kappa shape index (κ2) is 7.51. The Hall–Kier alpha value is -2.62. The number of nitrogens with zero attached hydrogens (tertiary/aromatic N) is 2. The zero-order chi connectivity index (χ0) is 17.8. The number of aryl methyl sites for hydroxylation is 1. The predicted octanol–water partition coefficient (Wildman–Crippen LogP) is 4.15. The summed E-state index contributed by atoms with van der Waals surface area (Å²) in [6, 6.07) is 17.3. The van der Waals surface area contributed by atoms with Crippen LogP contribution in [0.4, 0.5) is 10.5 Å². The average molecular weight is 336 g/mol.